The van der Waals surface area contributed by atoms with Crippen molar-refractivity contribution in [3.8, 4) is 34.0 Å². The van der Waals surface area contributed by atoms with E-state index in [1.807, 2.05) is 48.5 Å². The van der Waals surface area contributed by atoms with Gasteiger partial charge in [0.25, 0.3) is 0 Å². The molecule has 4 aromatic rings. The van der Waals surface area contributed by atoms with Crippen LogP contribution in [0.1, 0.15) is 0 Å². The second kappa shape index (κ2) is 8.19. The minimum Gasteiger partial charge on any atom is -0.496 e. The lowest BCUT2D eigenvalue weighted by Gasteiger charge is -2.11. The number of rotatable bonds is 6. The fourth-order valence-electron chi connectivity index (χ4n) is 3.21. The first-order chi connectivity index (χ1) is 14.1. The van der Waals surface area contributed by atoms with Gasteiger partial charge in [0.1, 0.15) is 23.9 Å². The van der Waals surface area contributed by atoms with Gasteiger partial charge in [0.05, 0.1) is 36.2 Å². The highest BCUT2D eigenvalue weighted by Gasteiger charge is 2.23. The Morgan fingerprint density at radius 3 is 2.14 bits per heavy atom. The Labute approximate surface area is 178 Å². The summed E-state index contributed by atoms with van der Waals surface area (Å²) in [5, 5.41) is 10.1. The molecule has 4 rings (SSSR count). The molecule has 0 N–H and O–H groups in total. The Morgan fingerprint density at radius 1 is 0.897 bits per heavy atom. The van der Waals surface area contributed by atoms with Crippen molar-refractivity contribution in [3.05, 3.63) is 71.0 Å². The van der Waals surface area contributed by atoms with Crippen molar-refractivity contribution in [2.45, 2.75) is 6.67 Å². The molecule has 0 aliphatic rings. The Morgan fingerprint density at radius 2 is 1.52 bits per heavy atom. The van der Waals surface area contributed by atoms with Crippen molar-refractivity contribution < 1.29 is 9.47 Å². The van der Waals surface area contributed by atoms with Crippen LogP contribution in [0.15, 0.2) is 60.9 Å². The highest BCUT2D eigenvalue weighted by Crippen LogP contribution is 2.42. The largest absolute Gasteiger partial charge is 0.496 e. The van der Waals surface area contributed by atoms with E-state index in [2.05, 4.69) is 5.10 Å². The van der Waals surface area contributed by atoms with Gasteiger partial charge < -0.3 is 9.47 Å². The van der Waals surface area contributed by atoms with Gasteiger partial charge in [0.15, 0.2) is 0 Å². The van der Waals surface area contributed by atoms with Gasteiger partial charge >= 0.3 is 0 Å². The van der Waals surface area contributed by atoms with E-state index in [0.29, 0.717) is 33.9 Å². The number of halogens is 2. The van der Waals surface area contributed by atoms with E-state index in [0.717, 1.165) is 16.8 Å². The summed E-state index contributed by atoms with van der Waals surface area (Å²) in [6.45, 7) is 0.328. The molecule has 6 nitrogen and oxygen atoms in total. The molecule has 0 amide bonds. The lowest BCUT2D eigenvalue weighted by molar-refractivity contribution is 0.415. The first-order valence-electron chi connectivity index (χ1n) is 8.83. The van der Waals surface area contributed by atoms with Crippen LogP contribution in [0.3, 0.4) is 0 Å². The molecule has 0 saturated heterocycles. The first kappa shape index (κ1) is 19.4. The molecule has 0 atom stereocenters. The first-order valence-corrected chi connectivity index (χ1v) is 9.59. The number of nitrogens with zero attached hydrogens (tertiary/aromatic N) is 4. The van der Waals surface area contributed by atoms with Crippen LogP contribution in [0.5, 0.6) is 11.5 Å². The Kier molecular flexibility index (Phi) is 5.47. The van der Waals surface area contributed by atoms with E-state index < -0.39 is 0 Å². The summed E-state index contributed by atoms with van der Waals surface area (Å²) < 4.78 is 14.5. The summed E-state index contributed by atoms with van der Waals surface area (Å²) in [6, 6.07) is 15.3. The highest BCUT2D eigenvalue weighted by molar-refractivity contribution is 6.35. The quantitative estimate of drug-likeness (QED) is 0.421. The van der Waals surface area contributed by atoms with Gasteiger partial charge in [-0.3, -0.25) is 0 Å². The molecule has 148 valence electrons. The van der Waals surface area contributed by atoms with E-state index in [1.54, 1.807) is 36.0 Å². The highest BCUT2D eigenvalue weighted by atomic mass is 35.5. The smallest absolute Gasteiger partial charge is 0.133 e. The topological polar surface area (TPSA) is 54.1 Å². The average Bonchev–Trinajstić information content (AvgIpc) is 3.30. The molecule has 0 aliphatic carbocycles. The molecule has 8 heteroatoms. The van der Waals surface area contributed by atoms with Gasteiger partial charge in [-0.25, -0.2) is 9.36 Å². The van der Waals surface area contributed by atoms with Gasteiger partial charge in [-0.1, -0.05) is 47.5 Å². The second-order valence-corrected chi connectivity index (χ2v) is 7.07. The number of benzene rings is 2. The predicted molar refractivity (Wildman–Crippen MR) is 114 cm³/mol. The van der Waals surface area contributed by atoms with E-state index in [9.17, 15) is 0 Å². The number of aromatic nitrogens is 4. The van der Waals surface area contributed by atoms with Gasteiger partial charge in [-0.15, -0.1) is 0 Å². The molecule has 0 bridgehead atoms. The third-order valence-electron chi connectivity index (χ3n) is 4.50. The van der Waals surface area contributed by atoms with Crippen molar-refractivity contribution in [1.82, 2.24) is 19.6 Å². The van der Waals surface area contributed by atoms with Gasteiger partial charge in [0.2, 0.25) is 0 Å². The zero-order valence-corrected chi connectivity index (χ0v) is 17.4. The van der Waals surface area contributed by atoms with Crippen LogP contribution in [0.2, 0.25) is 10.0 Å². The Bertz CT molecular complexity index is 1150. The fourth-order valence-corrected chi connectivity index (χ4v) is 3.70. The third kappa shape index (κ3) is 3.69. The lowest BCUT2D eigenvalue weighted by atomic mass is 10.1. The van der Waals surface area contributed by atoms with Crippen molar-refractivity contribution >= 4 is 23.2 Å². The minimum absolute atomic E-state index is 0.328. The van der Waals surface area contributed by atoms with Crippen molar-refractivity contribution in [3.63, 3.8) is 0 Å². The average molecular weight is 429 g/mol. The van der Waals surface area contributed by atoms with Crippen LogP contribution in [0.4, 0.5) is 0 Å². The summed E-state index contributed by atoms with van der Waals surface area (Å²) >= 11 is 12.9. The number of hydrogen-bond acceptors (Lipinski definition) is 4. The third-order valence-corrected chi connectivity index (χ3v) is 5.05. The molecule has 2 heterocycles. The van der Waals surface area contributed by atoms with Gasteiger partial charge in [-0.05, 0) is 24.3 Å². The summed E-state index contributed by atoms with van der Waals surface area (Å²) in [5.41, 5.74) is 2.96. The summed E-state index contributed by atoms with van der Waals surface area (Å²) in [4.78, 5) is 0. The van der Waals surface area contributed by atoms with Crippen LogP contribution in [0.25, 0.3) is 22.5 Å². The molecule has 29 heavy (non-hydrogen) atoms. The van der Waals surface area contributed by atoms with Crippen molar-refractivity contribution in [2.24, 2.45) is 0 Å². The number of para-hydroxylation sites is 2. The van der Waals surface area contributed by atoms with Gasteiger partial charge in [-0.2, -0.15) is 10.2 Å². The molecule has 0 radical (unpaired) electrons. The van der Waals surface area contributed by atoms with Crippen LogP contribution < -0.4 is 9.47 Å². The van der Waals surface area contributed by atoms with Crippen molar-refractivity contribution in [2.75, 3.05) is 14.2 Å². The van der Waals surface area contributed by atoms with Crippen LogP contribution in [0, 0.1) is 0 Å². The molecule has 0 fully saturated rings. The molecular formula is C21H18Cl2N4O2. The maximum absolute atomic E-state index is 6.88. The van der Waals surface area contributed by atoms with E-state index >= 15 is 0 Å². The summed E-state index contributed by atoms with van der Waals surface area (Å²) in [6.07, 6.45) is 3.31. The monoisotopic (exact) mass is 428 g/mol. The van der Waals surface area contributed by atoms with Crippen LogP contribution >= 0.6 is 23.2 Å². The molecule has 2 aromatic carbocycles. The van der Waals surface area contributed by atoms with Crippen LogP contribution in [-0.2, 0) is 6.67 Å². The number of hydrogen-bond donors (Lipinski definition) is 0. The maximum atomic E-state index is 6.88. The van der Waals surface area contributed by atoms with E-state index in [-0.39, 0.29) is 0 Å². The number of methoxy groups -OCH3 is 2. The molecular weight excluding hydrogens is 411 g/mol. The Balaban J connectivity index is 1.93. The maximum Gasteiger partial charge on any atom is 0.133 e. The minimum atomic E-state index is 0.328. The normalized spacial score (nSPS) is 10.9. The van der Waals surface area contributed by atoms with E-state index in [1.165, 1.54) is 0 Å². The summed E-state index contributed by atoms with van der Waals surface area (Å²) in [5.74, 6) is 1.38. The molecule has 0 unspecified atom stereocenters. The fraction of sp³-hybridized carbons (Fsp3) is 0.143. The molecule has 2 aromatic heterocycles. The molecule has 0 aliphatic heterocycles. The standard InChI is InChI=1S/C21H18Cl2N4O2/c1-28-17-9-5-3-7-15(17)20-19(23)21(16-8-4-6-10-18(16)29-2)27(25-20)13-26-12-14(22)11-24-26/h3-12H,13H2,1-2H3. The van der Waals surface area contributed by atoms with E-state index in [4.69, 9.17) is 37.8 Å². The summed E-state index contributed by atoms with van der Waals surface area (Å²) in [7, 11) is 3.25. The van der Waals surface area contributed by atoms with Crippen molar-refractivity contribution in [1.29, 1.82) is 0 Å². The molecule has 0 saturated carbocycles. The van der Waals surface area contributed by atoms with Crippen LogP contribution in [-0.4, -0.2) is 33.8 Å². The molecule has 0 spiro atoms. The second-order valence-electron chi connectivity index (χ2n) is 6.25. The SMILES string of the molecule is COc1ccccc1-c1nn(Cn2cc(Cl)cn2)c(-c2ccccc2OC)c1Cl. The Hall–Kier alpha value is -2.96. The zero-order valence-electron chi connectivity index (χ0n) is 15.8. The number of ether oxygens (including phenoxy) is 2. The predicted octanol–water partition coefficient (Wildman–Crippen LogP) is 5.24. The zero-order chi connectivity index (χ0) is 20.4. The lowest BCUT2D eigenvalue weighted by Crippen LogP contribution is -2.11. The van der Waals surface area contributed by atoms with Gasteiger partial charge in [0, 0.05) is 17.3 Å².